The van der Waals surface area contributed by atoms with Gasteiger partial charge in [-0.2, -0.15) is 15.2 Å². The SMILES string of the molecule is CN=C(C=CN)c1ccc(Nc2nc(NC3CC3)c3c(C#N)c[nH]c3n2)c2c1OCCO2. The van der Waals surface area contributed by atoms with Crippen LogP contribution >= 0.6 is 0 Å². The molecule has 1 saturated carbocycles. The molecule has 0 atom stereocenters. The van der Waals surface area contributed by atoms with Gasteiger partial charge in [-0.05, 0) is 37.3 Å². The van der Waals surface area contributed by atoms with Crippen molar-refractivity contribution in [2.75, 3.05) is 30.9 Å². The molecule has 10 nitrogen and oxygen atoms in total. The molecule has 0 radical (unpaired) electrons. The molecule has 1 aliphatic carbocycles. The fraction of sp³-hybridized carbons (Fsp3) is 0.273. The molecule has 1 aliphatic heterocycles. The second-order valence-electron chi connectivity index (χ2n) is 7.46. The molecule has 1 fully saturated rings. The molecule has 32 heavy (non-hydrogen) atoms. The summed E-state index contributed by atoms with van der Waals surface area (Å²) in [6.07, 6.45) is 6.96. The van der Waals surface area contributed by atoms with E-state index in [1.807, 2.05) is 12.1 Å². The molecule has 5 rings (SSSR count). The smallest absolute Gasteiger partial charge is 0.231 e. The van der Waals surface area contributed by atoms with E-state index >= 15 is 0 Å². The largest absolute Gasteiger partial charge is 0.485 e. The van der Waals surface area contributed by atoms with E-state index < -0.39 is 0 Å². The standard InChI is InChI=1S/C22H22N8O2/c1-25-15(6-7-23)14-4-5-16(19-18(14)31-8-9-32-19)28-22-29-20-17(12(10-24)11-26-20)21(30-22)27-13-2-3-13/h4-7,11,13H,2-3,8-9,23H2,1H3,(H3,26,27,28,29,30). The molecule has 0 amide bonds. The Hall–Kier alpha value is -4.26. The summed E-state index contributed by atoms with van der Waals surface area (Å²) in [5, 5.41) is 16.8. The monoisotopic (exact) mass is 430 g/mol. The highest BCUT2D eigenvalue weighted by atomic mass is 16.6. The molecular formula is C22H22N8O2. The number of hydrogen-bond donors (Lipinski definition) is 4. The van der Waals surface area contributed by atoms with Crippen molar-refractivity contribution in [2.24, 2.45) is 10.7 Å². The van der Waals surface area contributed by atoms with E-state index in [0.29, 0.717) is 70.5 Å². The summed E-state index contributed by atoms with van der Waals surface area (Å²) >= 11 is 0. The van der Waals surface area contributed by atoms with Gasteiger partial charge in [-0.1, -0.05) is 0 Å². The molecule has 0 saturated heterocycles. The summed E-state index contributed by atoms with van der Waals surface area (Å²) in [6, 6.07) is 6.32. The third-order valence-electron chi connectivity index (χ3n) is 5.28. The number of rotatable bonds is 6. The average Bonchev–Trinajstić information content (AvgIpc) is 3.53. The number of aromatic nitrogens is 3. The molecule has 1 aromatic carbocycles. The van der Waals surface area contributed by atoms with Crippen LogP contribution in [0.4, 0.5) is 17.5 Å². The molecule has 162 valence electrons. The highest BCUT2D eigenvalue weighted by Gasteiger charge is 2.26. The number of nitrogens with one attached hydrogen (secondary N) is 3. The quantitative estimate of drug-likeness (QED) is 0.437. The molecule has 0 spiro atoms. The Morgan fingerprint density at radius 3 is 2.81 bits per heavy atom. The number of nitrogens with zero attached hydrogens (tertiary/aromatic N) is 4. The van der Waals surface area contributed by atoms with Crippen molar-refractivity contribution in [3.05, 3.63) is 41.7 Å². The van der Waals surface area contributed by atoms with E-state index in [-0.39, 0.29) is 0 Å². The first-order valence-corrected chi connectivity index (χ1v) is 10.3. The van der Waals surface area contributed by atoms with Crippen LogP contribution in [0.1, 0.15) is 24.0 Å². The van der Waals surface area contributed by atoms with Crippen LogP contribution < -0.4 is 25.8 Å². The predicted octanol–water partition coefficient (Wildman–Crippen LogP) is 2.81. The van der Waals surface area contributed by atoms with Gasteiger partial charge in [0.1, 0.15) is 30.7 Å². The van der Waals surface area contributed by atoms with Crippen LogP contribution in [0.25, 0.3) is 11.0 Å². The lowest BCUT2D eigenvalue weighted by Gasteiger charge is -2.24. The van der Waals surface area contributed by atoms with Gasteiger partial charge in [-0.3, -0.25) is 4.99 Å². The lowest BCUT2D eigenvalue weighted by Crippen LogP contribution is -2.19. The molecule has 0 unspecified atom stereocenters. The van der Waals surface area contributed by atoms with Gasteiger partial charge in [0.15, 0.2) is 11.5 Å². The van der Waals surface area contributed by atoms with E-state index in [1.165, 1.54) is 6.20 Å². The van der Waals surface area contributed by atoms with Crippen molar-refractivity contribution in [2.45, 2.75) is 18.9 Å². The molecule has 5 N–H and O–H groups in total. The maximum Gasteiger partial charge on any atom is 0.231 e. The Morgan fingerprint density at radius 1 is 1.28 bits per heavy atom. The number of aromatic amines is 1. The van der Waals surface area contributed by atoms with Gasteiger partial charge in [0.2, 0.25) is 5.95 Å². The van der Waals surface area contributed by atoms with E-state index in [4.69, 9.17) is 15.2 Å². The molecule has 2 aliphatic rings. The highest BCUT2D eigenvalue weighted by molar-refractivity contribution is 6.11. The van der Waals surface area contributed by atoms with Crippen LogP contribution in [0.2, 0.25) is 0 Å². The summed E-state index contributed by atoms with van der Waals surface area (Å²) < 4.78 is 11.9. The topological polar surface area (TPSA) is 146 Å². The number of ether oxygens (including phenoxy) is 2. The summed E-state index contributed by atoms with van der Waals surface area (Å²) in [4.78, 5) is 16.6. The maximum atomic E-state index is 9.44. The zero-order valence-corrected chi connectivity index (χ0v) is 17.5. The lowest BCUT2D eigenvalue weighted by atomic mass is 10.1. The minimum atomic E-state index is 0.369. The fourth-order valence-electron chi connectivity index (χ4n) is 3.64. The Labute approximate surface area is 184 Å². The average molecular weight is 430 g/mol. The number of H-pyrrole nitrogens is 1. The maximum absolute atomic E-state index is 9.44. The number of nitriles is 1. The number of benzene rings is 1. The van der Waals surface area contributed by atoms with Gasteiger partial charge in [-0.15, -0.1) is 0 Å². The zero-order chi connectivity index (χ0) is 22.1. The Bertz CT molecular complexity index is 1280. The fourth-order valence-corrected chi connectivity index (χ4v) is 3.64. The summed E-state index contributed by atoms with van der Waals surface area (Å²) in [7, 11) is 1.70. The number of nitrogens with two attached hydrogens (primary N) is 1. The zero-order valence-electron chi connectivity index (χ0n) is 17.5. The third-order valence-corrected chi connectivity index (χ3v) is 5.28. The van der Waals surface area contributed by atoms with Gasteiger partial charge in [0.05, 0.1) is 22.3 Å². The van der Waals surface area contributed by atoms with Crippen LogP contribution in [0.3, 0.4) is 0 Å². The molecule has 3 heterocycles. The lowest BCUT2D eigenvalue weighted by molar-refractivity contribution is 0.172. The van der Waals surface area contributed by atoms with Gasteiger partial charge < -0.3 is 30.8 Å². The van der Waals surface area contributed by atoms with E-state index in [9.17, 15) is 5.26 Å². The molecule has 10 heteroatoms. The van der Waals surface area contributed by atoms with Gasteiger partial charge in [0, 0.05) is 24.8 Å². The first-order chi connectivity index (χ1) is 15.7. The normalized spacial score (nSPS) is 15.7. The second kappa shape index (κ2) is 8.11. The summed E-state index contributed by atoms with van der Waals surface area (Å²) in [6.45, 7) is 0.858. The van der Waals surface area contributed by atoms with Crippen molar-refractivity contribution in [3.63, 3.8) is 0 Å². The third kappa shape index (κ3) is 3.54. The number of anilines is 3. The number of fused-ring (bicyclic) bond motifs is 2. The van der Waals surface area contributed by atoms with Crippen molar-refractivity contribution in [1.29, 1.82) is 5.26 Å². The van der Waals surface area contributed by atoms with Crippen LogP contribution in [-0.4, -0.2) is 47.0 Å². The van der Waals surface area contributed by atoms with E-state index in [1.54, 1.807) is 19.3 Å². The van der Waals surface area contributed by atoms with Crippen molar-refractivity contribution in [1.82, 2.24) is 15.0 Å². The Morgan fingerprint density at radius 2 is 2.09 bits per heavy atom. The highest BCUT2D eigenvalue weighted by Crippen LogP contribution is 2.42. The molecule has 0 bridgehead atoms. The van der Waals surface area contributed by atoms with Gasteiger partial charge in [0.25, 0.3) is 0 Å². The number of allylic oxidation sites excluding steroid dienone is 1. The van der Waals surface area contributed by atoms with Crippen LogP contribution in [0, 0.1) is 11.3 Å². The minimum Gasteiger partial charge on any atom is -0.485 e. The van der Waals surface area contributed by atoms with Gasteiger partial charge >= 0.3 is 0 Å². The molecular weight excluding hydrogens is 408 g/mol. The Balaban J connectivity index is 1.56. The minimum absolute atomic E-state index is 0.369. The summed E-state index contributed by atoms with van der Waals surface area (Å²) in [5.74, 6) is 2.16. The molecule has 3 aromatic rings. The van der Waals surface area contributed by atoms with Crippen LogP contribution in [-0.2, 0) is 0 Å². The first kappa shape index (κ1) is 19.7. The first-order valence-electron chi connectivity index (χ1n) is 10.3. The Kier molecular flexibility index (Phi) is 4.99. The number of aliphatic imine (C=N–C) groups is 1. The van der Waals surface area contributed by atoms with E-state index in [2.05, 4.69) is 36.6 Å². The second-order valence-corrected chi connectivity index (χ2v) is 7.46. The van der Waals surface area contributed by atoms with Crippen LogP contribution in [0.5, 0.6) is 11.5 Å². The van der Waals surface area contributed by atoms with Crippen molar-refractivity contribution in [3.8, 4) is 17.6 Å². The van der Waals surface area contributed by atoms with Crippen molar-refractivity contribution >= 4 is 34.2 Å². The number of hydrogen-bond acceptors (Lipinski definition) is 9. The predicted molar refractivity (Wildman–Crippen MR) is 122 cm³/mol. The molecule has 2 aromatic heterocycles. The summed E-state index contributed by atoms with van der Waals surface area (Å²) in [5.41, 5.74) is 8.79. The van der Waals surface area contributed by atoms with Crippen molar-refractivity contribution < 1.29 is 9.47 Å². The van der Waals surface area contributed by atoms with Crippen LogP contribution in [0.15, 0.2) is 35.6 Å². The van der Waals surface area contributed by atoms with E-state index in [0.717, 1.165) is 18.4 Å². The van der Waals surface area contributed by atoms with Gasteiger partial charge in [-0.25, -0.2) is 0 Å².